The summed E-state index contributed by atoms with van der Waals surface area (Å²) >= 11 is 0. The first-order chi connectivity index (χ1) is 9.33. The molecule has 19 heavy (non-hydrogen) atoms. The standard InChI is InChI=1S/C17H12N2/c1-13-12-16(14-8-4-2-5-9-14)19-17(18-13)15-10-6-3-7-11-15/h2-6,8-10,12H,1H3. The highest BCUT2D eigenvalue weighted by molar-refractivity contribution is 5.63. The third kappa shape index (κ3) is 2.46. The third-order valence-electron chi connectivity index (χ3n) is 2.81. The molecule has 1 aromatic heterocycles. The molecule has 0 aliphatic heterocycles. The first-order valence-corrected chi connectivity index (χ1v) is 6.13. The number of benzene rings is 1. The van der Waals surface area contributed by atoms with Crippen molar-refractivity contribution in [3.05, 3.63) is 72.4 Å². The molecule has 0 saturated carbocycles. The minimum atomic E-state index is 0.690. The molecule has 0 saturated heterocycles. The average molecular weight is 244 g/mol. The zero-order valence-electron chi connectivity index (χ0n) is 10.6. The second-order valence-electron chi connectivity index (χ2n) is 4.29. The molecule has 2 nitrogen and oxygen atoms in total. The van der Waals surface area contributed by atoms with Gasteiger partial charge in [0.25, 0.3) is 0 Å². The maximum Gasteiger partial charge on any atom is 0.168 e. The summed E-state index contributed by atoms with van der Waals surface area (Å²) in [5.74, 6) is 0.690. The molecule has 3 aromatic rings. The van der Waals surface area contributed by atoms with Crippen molar-refractivity contribution in [2.24, 2.45) is 0 Å². The molecule has 0 bridgehead atoms. The SMILES string of the molecule is Cc1cc(-c2ccccc2)nc(-c2c#cccc2)n1. The number of aromatic nitrogens is 2. The van der Waals surface area contributed by atoms with Gasteiger partial charge in [0, 0.05) is 11.3 Å². The lowest BCUT2D eigenvalue weighted by molar-refractivity contribution is 1.12. The van der Waals surface area contributed by atoms with E-state index in [9.17, 15) is 0 Å². The van der Waals surface area contributed by atoms with Gasteiger partial charge in [-0.1, -0.05) is 48.5 Å². The summed E-state index contributed by atoms with van der Waals surface area (Å²) in [5.41, 5.74) is 3.83. The Balaban J connectivity index is 2.12. The molecular formula is C17H12N2. The monoisotopic (exact) mass is 244 g/mol. The van der Waals surface area contributed by atoms with Gasteiger partial charge in [0.2, 0.25) is 0 Å². The van der Waals surface area contributed by atoms with Crippen LogP contribution in [-0.2, 0) is 0 Å². The van der Waals surface area contributed by atoms with Crippen LogP contribution in [0.5, 0.6) is 0 Å². The van der Waals surface area contributed by atoms with Gasteiger partial charge in [-0.05, 0) is 25.1 Å². The fourth-order valence-electron chi connectivity index (χ4n) is 1.93. The number of nitrogens with zero attached hydrogens (tertiary/aromatic N) is 2. The highest BCUT2D eigenvalue weighted by atomic mass is 14.9. The highest BCUT2D eigenvalue weighted by Crippen LogP contribution is 2.20. The Morgan fingerprint density at radius 1 is 0.947 bits per heavy atom. The lowest BCUT2D eigenvalue weighted by Gasteiger charge is -2.05. The van der Waals surface area contributed by atoms with Crippen LogP contribution in [0.3, 0.4) is 0 Å². The molecule has 0 aliphatic carbocycles. The minimum Gasteiger partial charge on any atom is -0.233 e. The van der Waals surface area contributed by atoms with Crippen LogP contribution in [0.25, 0.3) is 22.6 Å². The van der Waals surface area contributed by atoms with Crippen molar-refractivity contribution < 1.29 is 0 Å². The van der Waals surface area contributed by atoms with E-state index in [0.717, 1.165) is 22.5 Å². The molecule has 0 amide bonds. The van der Waals surface area contributed by atoms with E-state index in [-0.39, 0.29) is 0 Å². The molecule has 90 valence electrons. The maximum absolute atomic E-state index is 4.61. The normalized spacial score (nSPS) is 9.95. The van der Waals surface area contributed by atoms with Crippen molar-refractivity contribution in [3.63, 3.8) is 0 Å². The largest absolute Gasteiger partial charge is 0.233 e. The van der Waals surface area contributed by atoms with Crippen molar-refractivity contribution in [2.45, 2.75) is 6.92 Å². The van der Waals surface area contributed by atoms with Gasteiger partial charge in [-0.25, -0.2) is 9.97 Å². The smallest absolute Gasteiger partial charge is 0.168 e. The molecule has 0 unspecified atom stereocenters. The Morgan fingerprint density at radius 2 is 1.79 bits per heavy atom. The summed E-state index contributed by atoms with van der Waals surface area (Å²) in [6, 6.07) is 23.8. The molecule has 3 rings (SSSR count). The van der Waals surface area contributed by atoms with Crippen molar-refractivity contribution in [1.29, 1.82) is 0 Å². The van der Waals surface area contributed by atoms with Crippen LogP contribution in [0.1, 0.15) is 5.69 Å². The van der Waals surface area contributed by atoms with E-state index in [0.29, 0.717) is 5.82 Å². The molecule has 0 fully saturated rings. The van der Waals surface area contributed by atoms with E-state index in [1.165, 1.54) is 0 Å². The van der Waals surface area contributed by atoms with E-state index in [1.54, 1.807) is 0 Å². The summed E-state index contributed by atoms with van der Waals surface area (Å²) in [6.45, 7) is 1.98. The second kappa shape index (κ2) is 4.91. The van der Waals surface area contributed by atoms with Gasteiger partial charge in [0.1, 0.15) is 0 Å². The molecule has 0 N–H and O–H groups in total. The van der Waals surface area contributed by atoms with Gasteiger partial charge >= 0.3 is 0 Å². The molecule has 0 spiro atoms. The average Bonchev–Trinajstić information content (AvgIpc) is 2.48. The van der Waals surface area contributed by atoms with Crippen LogP contribution >= 0.6 is 0 Å². The van der Waals surface area contributed by atoms with Crippen LogP contribution < -0.4 is 0 Å². The quantitative estimate of drug-likeness (QED) is 0.686. The molecule has 1 heterocycles. The van der Waals surface area contributed by atoms with Gasteiger partial charge in [0.05, 0.1) is 11.3 Å². The van der Waals surface area contributed by atoms with Crippen molar-refractivity contribution >= 4 is 0 Å². The van der Waals surface area contributed by atoms with Gasteiger partial charge in [-0.3, -0.25) is 0 Å². The minimum absolute atomic E-state index is 0.690. The second-order valence-corrected chi connectivity index (χ2v) is 4.29. The fourth-order valence-corrected chi connectivity index (χ4v) is 1.93. The van der Waals surface area contributed by atoms with Gasteiger partial charge in [-0.2, -0.15) is 0 Å². The molecule has 0 atom stereocenters. The Kier molecular flexibility index (Phi) is 2.96. The van der Waals surface area contributed by atoms with Crippen LogP contribution in [0.15, 0.2) is 54.6 Å². The lowest BCUT2D eigenvalue weighted by Crippen LogP contribution is -1.94. The highest BCUT2D eigenvalue weighted by Gasteiger charge is 2.06. The molecule has 0 radical (unpaired) electrons. The Bertz CT molecular complexity index is 618. The van der Waals surface area contributed by atoms with Crippen LogP contribution in [-0.4, -0.2) is 9.97 Å². The van der Waals surface area contributed by atoms with Crippen LogP contribution in [0, 0.1) is 19.1 Å². The molecular weight excluding hydrogens is 232 g/mol. The summed E-state index contributed by atoms with van der Waals surface area (Å²) in [4.78, 5) is 9.08. The number of rotatable bonds is 2. The first-order valence-electron chi connectivity index (χ1n) is 6.13. The lowest BCUT2D eigenvalue weighted by atomic mass is 10.1. The summed E-state index contributed by atoms with van der Waals surface area (Å²) in [5, 5.41) is 0. The predicted octanol–water partition coefficient (Wildman–Crippen LogP) is 3.72. The van der Waals surface area contributed by atoms with E-state index in [2.05, 4.69) is 22.1 Å². The number of hydrogen-bond acceptors (Lipinski definition) is 2. The Morgan fingerprint density at radius 3 is 2.53 bits per heavy atom. The van der Waals surface area contributed by atoms with Crippen LogP contribution in [0.4, 0.5) is 0 Å². The summed E-state index contributed by atoms with van der Waals surface area (Å²) in [7, 11) is 0. The molecule has 0 aliphatic rings. The summed E-state index contributed by atoms with van der Waals surface area (Å²) < 4.78 is 0. The van der Waals surface area contributed by atoms with E-state index >= 15 is 0 Å². The van der Waals surface area contributed by atoms with Crippen molar-refractivity contribution in [1.82, 2.24) is 9.97 Å². The predicted molar refractivity (Wildman–Crippen MR) is 75.3 cm³/mol. The van der Waals surface area contributed by atoms with E-state index < -0.39 is 0 Å². The van der Waals surface area contributed by atoms with Gasteiger partial charge < -0.3 is 0 Å². The van der Waals surface area contributed by atoms with Gasteiger partial charge in [0.15, 0.2) is 5.82 Å². The molecule has 2 aromatic carbocycles. The van der Waals surface area contributed by atoms with E-state index in [1.807, 2.05) is 61.5 Å². The Labute approximate surface area is 112 Å². The first kappa shape index (κ1) is 11.4. The summed E-state index contributed by atoms with van der Waals surface area (Å²) in [6.07, 6.45) is 0. The zero-order chi connectivity index (χ0) is 13.1. The Hall–Kier alpha value is -2.66. The number of aryl methyl sites for hydroxylation is 1. The topological polar surface area (TPSA) is 25.8 Å². The van der Waals surface area contributed by atoms with Crippen molar-refractivity contribution in [3.8, 4) is 22.6 Å². The van der Waals surface area contributed by atoms with Gasteiger partial charge in [-0.15, -0.1) is 0 Å². The zero-order valence-corrected chi connectivity index (χ0v) is 10.6. The van der Waals surface area contributed by atoms with Crippen LogP contribution in [0.2, 0.25) is 0 Å². The van der Waals surface area contributed by atoms with E-state index in [4.69, 9.17) is 0 Å². The maximum atomic E-state index is 4.61. The van der Waals surface area contributed by atoms with Crippen molar-refractivity contribution in [2.75, 3.05) is 0 Å². The number of hydrogen-bond donors (Lipinski definition) is 0. The third-order valence-corrected chi connectivity index (χ3v) is 2.81. The molecule has 2 heteroatoms. The fraction of sp³-hybridized carbons (Fsp3) is 0.0588.